The number of H-pyrrole nitrogens is 1. The van der Waals surface area contributed by atoms with Crippen LogP contribution >= 0.6 is 0 Å². The van der Waals surface area contributed by atoms with Crippen molar-refractivity contribution in [1.82, 2.24) is 9.88 Å². The topological polar surface area (TPSA) is 54.3 Å². The fraction of sp³-hybridized carbons (Fsp3) is 0.529. The SMILES string of the molecule is CO[C@]12CC(CN)CN(C)[C@@H]1Cc1c[nH]c3cccc2c13. The first kappa shape index (κ1) is 13.3. The van der Waals surface area contributed by atoms with Crippen LogP contribution in [0.15, 0.2) is 24.4 Å². The molecule has 1 fully saturated rings. The van der Waals surface area contributed by atoms with Crippen LogP contribution in [0.4, 0.5) is 0 Å². The van der Waals surface area contributed by atoms with Gasteiger partial charge < -0.3 is 15.5 Å². The number of piperidine rings is 1. The van der Waals surface area contributed by atoms with E-state index in [1.807, 2.05) is 7.11 Å². The first-order valence-corrected chi connectivity index (χ1v) is 7.74. The van der Waals surface area contributed by atoms with E-state index in [1.165, 1.54) is 22.0 Å². The molecule has 0 amide bonds. The summed E-state index contributed by atoms with van der Waals surface area (Å²) in [5.41, 5.74) is 9.72. The van der Waals surface area contributed by atoms with Gasteiger partial charge in [-0.15, -0.1) is 0 Å². The second kappa shape index (κ2) is 4.57. The lowest BCUT2D eigenvalue weighted by Crippen LogP contribution is -2.60. The highest BCUT2D eigenvalue weighted by Gasteiger charge is 2.51. The van der Waals surface area contributed by atoms with Gasteiger partial charge in [0.25, 0.3) is 0 Å². The van der Waals surface area contributed by atoms with Crippen LogP contribution in [0.3, 0.4) is 0 Å². The van der Waals surface area contributed by atoms with Crippen molar-refractivity contribution < 1.29 is 4.74 Å². The van der Waals surface area contributed by atoms with E-state index in [-0.39, 0.29) is 5.60 Å². The number of aromatic amines is 1. The fourth-order valence-corrected chi connectivity index (χ4v) is 4.59. The Labute approximate surface area is 125 Å². The molecule has 21 heavy (non-hydrogen) atoms. The van der Waals surface area contributed by atoms with Gasteiger partial charge >= 0.3 is 0 Å². The van der Waals surface area contributed by atoms with Crippen LogP contribution in [0, 0.1) is 5.92 Å². The van der Waals surface area contributed by atoms with Gasteiger partial charge in [0.1, 0.15) is 5.60 Å². The molecule has 3 atom stereocenters. The minimum absolute atomic E-state index is 0.230. The highest BCUT2D eigenvalue weighted by atomic mass is 16.5. The van der Waals surface area contributed by atoms with Gasteiger partial charge in [-0.25, -0.2) is 0 Å². The summed E-state index contributed by atoms with van der Waals surface area (Å²) in [6.45, 7) is 1.78. The number of nitrogens with one attached hydrogen (secondary N) is 1. The van der Waals surface area contributed by atoms with E-state index >= 15 is 0 Å². The molecule has 3 N–H and O–H groups in total. The van der Waals surface area contributed by atoms with Gasteiger partial charge in [0, 0.05) is 36.8 Å². The summed E-state index contributed by atoms with van der Waals surface area (Å²) >= 11 is 0. The molecule has 1 aliphatic carbocycles. The van der Waals surface area contributed by atoms with E-state index in [0.717, 1.165) is 25.9 Å². The van der Waals surface area contributed by atoms with Crippen molar-refractivity contribution in [3.05, 3.63) is 35.5 Å². The lowest BCUT2D eigenvalue weighted by atomic mass is 9.68. The number of ether oxygens (including phenoxy) is 1. The van der Waals surface area contributed by atoms with Crippen LogP contribution < -0.4 is 5.73 Å². The van der Waals surface area contributed by atoms with Crippen molar-refractivity contribution in [1.29, 1.82) is 0 Å². The van der Waals surface area contributed by atoms with Crippen LogP contribution in [-0.2, 0) is 16.8 Å². The minimum Gasteiger partial charge on any atom is -0.372 e. The largest absolute Gasteiger partial charge is 0.372 e. The maximum absolute atomic E-state index is 6.19. The molecule has 2 aliphatic rings. The minimum atomic E-state index is -0.230. The Kier molecular flexibility index (Phi) is 2.89. The number of nitrogens with two attached hydrogens (primary N) is 1. The predicted octanol–water partition coefficient (Wildman–Crippen LogP) is 1.84. The van der Waals surface area contributed by atoms with Gasteiger partial charge in [0.15, 0.2) is 0 Å². The third-order valence-corrected chi connectivity index (χ3v) is 5.56. The normalized spacial score (nSPS) is 32.3. The molecule has 4 heteroatoms. The Morgan fingerprint density at radius 2 is 2.33 bits per heavy atom. The van der Waals surface area contributed by atoms with Gasteiger partial charge in [-0.05, 0) is 49.5 Å². The summed E-state index contributed by atoms with van der Waals surface area (Å²) in [6.07, 6.45) is 4.22. The molecule has 0 saturated carbocycles. The summed E-state index contributed by atoms with van der Waals surface area (Å²) in [6, 6.07) is 6.91. The van der Waals surface area contributed by atoms with Gasteiger partial charge in [-0.3, -0.25) is 4.90 Å². The summed E-state index contributed by atoms with van der Waals surface area (Å²) in [4.78, 5) is 5.86. The Bertz CT molecular complexity index is 680. The molecule has 1 aromatic carbocycles. The zero-order valence-electron chi connectivity index (χ0n) is 12.7. The van der Waals surface area contributed by atoms with Crippen molar-refractivity contribution in [2.24, 2.45) is 11.7 Å². The molecule has 1 aromatic heterocycles. The van der Waals surface area contributed by atoms with Gasteiger partial charge in [-0.2, -0.15) is 0 Å². The zero-order valence-corrected chi connectivity index (χ0v) is 12.7. The Morgan fingerprint density at radius 3 is 3.10 bits per heavy atom. The smallest absolute Gasteiger partial charge is 0.109 e. The molecule has 112 valence electrons. The highest BCUT2D eigenvalue weighted by molar-refractivity contribution is 5.88. The molecule has 1 saturated heterocycles. The van der Waals surface area contributed by atoms with Crippen LogP contribution in [0.1, 0.15) is 17.5 Å². The molecule has 0 radical (unpaired) electrons. The molecule has 0 bridgehead atoms. The maximum Gasteiger partial charge on any atom is 0.109 e. The van der Waals surface area contributed by atoms with Gasteiger partial charge in [0.05, 0.1) is 0 Å². The third kappa shape index (κ3) is 1.67. The summed E-state index contributed by atoms with van der Waals surface area (Å²) < 4.78 is 6.19. The molecule has 1 aliphatic heterocycles. The lowest BCUT2D eigenvalue weighted by Gasteiger charge is -2.53. The van der Waals surface area contributed by atoms with E-state index in [2.05, 4.69) is 41.3 Å². The van der Waals surface area contributed by atoms with Crippen molar-refractivity contribution in [3.63, 3.8) is 0 Å². The number of hydrogen-bond acceptors (Lipinski definition) is 3. The standard InChI is InChI=1S/C17H23N3O/c1-20-10-11(8-18)7-17(21-2)13-4-3-5-14-16(13)12(9-19-14)6-15(17)20/h3-5,9,11,15,19H,6-8,10,18H2,1-2H3/t11?,15-,17+/m1/s1. The summed E-state index contributed by atoms with van der Waals surface area (Å²) in [7, 11) is 4.06. The average Bonchev–Trinajstić information content (AvgIpc) is 2.93. The van der Waals surface area contributed by atoms with Gasteiger partial charge in [-0.1, -0.05) is 12.1 Å². The summed E-state index contributed by atoms with van der Waals surface area (Å²) in [5.74, 6) is 0.488. The number of rotatable bonds is 2. The lowest BCUT2D eigenvalue weighted by molar-refractivity contribution is -0.124. The maximum atomic E-state index is 6.19. The molecule has 1 unspecified atom stereocenters. The molecule has 4 nitrogen and oxygen atoms in total. The number of nitrogens with zero attached hydrogens (tertiary/aromatic N) is 1. The van der Waals surface area contributed by atoms with Crippen molar-refractivity contribution in [3.8, 4) is 0 Å². The van der Waals surface area contributed by atoms with Crippen LogP contribution in [-0.4, -0.2) is 43.2 Å². The van der Waals surface area contributed by atoms with Crippen molar-refractivity contribution in [2.75, 3.05) is 27.2 Å². The Morgan fingerprint density at radius 1 is 1.48 bits per heavy atom. The third-order valence-electron chi connectivity index (χ3n) is 5.56. The van der Waals surface area contributed by atoms with Crippen LogP contribution in [0.2, 0.25) is 0 Å². The molecule has 0 spiro atoms. The second-order valence-electron chi connectivity index (χ2n) is 6.60. The van der Waals surface area contributed by atoms with E-state index < -0.39 is 0 Å². The Balaban J connectivity index is 1.96. The fourth-order valence-electron chi connectivity index (χ4n) is 4.59. The molecule has 2 heterocycles. The average molecular weight is 285 g/mol. The van der Waals surface area contributed by atoms with E-state index in [0.29, 0.717) is 12.0 Å². The van der Waals surface area contributed by atoms with Crippen molar-refractivity contribution >= 4 is 10.9 Å². The zero-order chi connectivity index (χ0) is 14.6. The molecule has 2 aromatic rings. The number of likely N-dealkylation sites (N-methyl/N-ethyl adjacent to an activating group) is 1. The van der Waals surface area contributed by atoms with Gasteiger partial charge in [0.2, 0.25) is 0 Å². The number of aromatic nitrogens is 1. The number of likely N-dealkylation sites (tertiary alicyclic amines) is 1. The molecular formula is C17H23N3O. The monoisotopic (exact) mass is 285 g/mol. The van der Waals surface area contributed by atoms with E-state index in [1.54, 1.807) is 0 Å². The first-order valence-electron chi connectivity index (χ1n) is 7.74. The molecular weight excluding hydrogens is 262 g/mol. The van der Waals surface area contributed by atoms with E-state index in [4.69, 9.17) is 10.5 Å². The summed E-state index contributed by atoms with van der Waals surface area (Å²) in [5, 5.41) is 1.36. The van der Waals surface area contributed by atoms with Crippen LogP contribution in [0.25, 0.3) is 10.9 Å². The van der Waals surface area contributed by atoms with E-state index in [9.17, 15) is 0 Å². The van der Waals surface area contributed by atoms with Crippen LogP contribution in [0.5, 0.6) is 0 Å². The number of fused-ring (bicyclic) bond motifs is 2. The Hall–Kier alpha value is -1.36. The number of benzene rings is 1. The van der Waals surface area contributed by atoms with Crippen molar-refractivity contribution in [2.45, 2.75) is 24.5 Å². The highest BCUT2D eigenvalue weighted by Crippen LogP contribution is 2.49. The molecule has 4 rings (SSSR count). The number of methoxy groups -OCH3 is 1. The predicted molar refractivity (Wildman–Crippen MR) is 84.3 cm³/mol. The quantitative estimate of drug-likeness (QED) is 0.885. The first-order chi connectivity index (χ1) is 10.2. The second-order valence-corrected chi connectivity index (χ2v) is 6.60. The number of hydrogen-bond donors (Lipinski definition) is 2.